The number of esters is 1. The summed E-state index contributed by atoms with van der Waals surface area (Å²) in [6, 6.07) is 3.70. The van der Waals surface area contributed by atoms with Crippen molar-refractivity contribution in [3.63, 3.8) is 0 Å². The number of allylic oxidation sites excluding steroid dienone is 1. The standard InChI is InChI=1S/C21H28O4/c1-14-8-5-6-10-17-13-18(24-4)12-15(2)20(17)21(23)25-16(3)9-7-11-19(14)22/h6-7,10-14,16,19,22H,5,8-9H2,1-4H3/b10-6?,11-7-/t14-,16-,19?/m0/s1. The van der Waals surface area contributed by atoms with Crippen LogP contribution in [0.1, 0.15) is 54.6 Å². The predicted molar refractivity (Wildman–Crippen MR) is 99.8 cm³/mol. The Balaban J connectivity index is 2.39. The molecule has 0 saturated heterocycles. The smallest absolute Gasteiger partial charge is 0.339 e. The molecule has 0 aromatic heterocycles. The molecule has 3 atom stereocenters. The molecule has 0 spiro atoms. The first-order valence-corrected chi connectivity index (χ1v) is 8.83. The molecular formula is C21H28O4. The molecule has 1 aliphatic heterocycles. The SMILES string of the molecule is COc1cc(C)c2c(c1)C=CCC[C@H](C)C(O)/C=C\C[C@H](C)OC2=O. The molecule has 136 valence electrons. The van der Waals surface area contributed by atoms with Crippen LogP contribution in [0.25, 0.3) is 6.08 Å². The van der Waals surface area contributed by atoms with Crippen molar-refractivity contribution in [2.45, 2.75) is 52.2 Å². The summed E-state index contributed by atoms with van der Waals surface area (Å²) in [4.78, 5) is 12.7. The fourth-order valence-corrected chi connectivity index (χ4v) is 2.94. The van der Waals surface area contributed by atoms with Crippen molar-refractivity contribution < 1.29 is 19.4 Å². The van der Waals surface area contributed by atoms with Crippen LogP contribution in [0.2, 0.25) is 0 Å². The molecule has 1 aromatic carbocycles. The predicted octanol–water partition coefficient (Wildman–Crippen LogP) is 4.30. The van der Waals surface area contributed by atoms with Crippen molar-refractivity contribution in [3.05, 3.63) is 47.1 Å². The summed E-state index contributed by atoms with van der Waals surface area (Å²) in [7, 11) is 1.61. The molecule has 1 aromatic rings. The summed E-state index contributed by atoms with van der Waals surface area (Å²) in [6.07, 6.45) is 9.21. The van der Waals surface area contributed by atoms with Gasteiger partial charge in [-0.2, -0.15) is 0 Å². The van der Waals surface area contributed by atoms with Crippen LogP contribution < -0.4 is 4.74 Å². The van der Waals surface area contributed by atoms with Crippen molar-refractivity contribution in [2.24, 2.45) is 5.92 Å². The first-order valence-electron chi connectivity index (χ1n) is 8.83. The molecule has 4 nitrogen and oxygen atoms in total. The van der Waals surface area contributed by atoms with Gasteiger partial charge in [0.15, 0.2) is 0 Å². The highest BCUT2D eigenvalue weighted by Crippen LogP contribution is 2.26. The van der Waals surface area contributed by atoms with E-state index in [1.165, 1.54) is 0 Å². The molecule has 1 unspecified atom stereocenters. The highest BCUT2D eigenvalue weighted by Gasteiger charge is 2.19. The maximum absolute atomic E-state index is 12.7. The third-order valence-corrected chi connectivity index (χ3v) is 4.56. The Kier molecular flexibility index (Phi) is 6.82. The quantitative estimate of drug-likeness (QED) is 0.609. The van der Waals surface area contributed by atoms with E-state index in [2.05, 4.69) is 0 Å². The normalized spacial score (nSPS) is 26.3. The van der Waals surface area contributed by atoms with Crippen LogP contribution in [0, 0.1) is 12.8 Å². The Morgan fingerprint density at radius 2 is 2.00 bits per heavy atom. The van der Waals surface area contributed by atoms with E-state index in [4.69, 9.17) is 9.47 Å². The van der Waals surface area contributed by atoms with Crippen molar-refractivity contribution in [1.29, 1.82) is 0 Å². The van der Waals surface area contributed by atoms with Crippen molar-refractivity contribution in [2.75, 3.05) is 7.11 Å². The summed E-state index contributed by atoms with van der Waals surface area (Å²) in [5.74, 6) is 0.564. The number of cyclic esters (lactones) is 1. The van der Waals surface area contributed by atoms with Crippen LogP contribution in [-0.2, 0) is 4.74 Å². The van der Waals surface area contributed by atoms with Crippen molar-refractivity contribution >= 4 is 12.0 Å². The number of carbonyl (C=O) groups excluding carboxylic acids is 1. The number of aryl methyl sites for hydroxylation is 1. The van der Waals surface area contributed by atoms with Crippen LogP contribution in [0.4, 0.5) is 0 Å². The van der Waals surface area contributed by atoms with Crippen LogP contribution in [0.15, 0.2) is 30.4 Å². The van der Waals surface area contributed by atoms with E-state index in [-0.39, 0.29) is 18.0 Å². The van der Waals surface area contributed by atoms with E-state index in [0.29, 0.717) is 12.0 Å². The molecule has 25 heavy (non-hydrogen) atoms. The van der Waals surface area contributed by atoms with E-state index < -0.39 is 6.10 Å². The number of hydrogen-bond donors (Lipinski definition) is 1. The third kappa shape index (κ3) is 5.20. The molecule has 0 aliphatic carbocycles. The molecule has 0 bridgehead atoms. The van der Waals surface area contributed by atoms with Gasteiger partial charge in [-0.15, -0.1) is 0 Å². The number of methoxy groups -OCH3 is 1. The third-order valence-electron chi connectivity index (χ3n) is 4.56. The lowest BCUT2D eigenvalue weighted by Crippen LogP contribution is -2.18. The summed E-state index contributed by atoms with van der Waals surface area (Å²) in [5, 5.41) is 10.2. The average Bonchev–Trinajstić information content (AvgIpc) is 2.56. The maximum Gasteiger partial charge on any atom is 0.339 e. The van der Waals surface area contributed by atoms with Gasteiger partial charge in [-0.1, -0.05) is 31.2 Å². The van der Waals surface area contributed by atoms with Gasteiger partial charge >= 0.3 is 5.97 Å². The number of rotatable bonds is 1. The highest BCUT2D eigenvalue weighted by molar-refractivity contribution is 5.95. The fourth-order valence-electron chi connectivity index (χ4n) is 2.94. The molecule has 0 fully saturated rings. The number of hydrogen-bond acceptors (Lipinski definition) is 4. The minimum absolute atomic E-state index is 0.174. The minimum Gasteiger partial charge on any atom is -0.497 e. The summed E-state index contributed by atoms with van der Waals surface area (Å²) in [5.41, 5.74) is 2.22. The second-order valence-electron chi connectivity index (χ2n) is 6.74. The van der Waals surface area contributed by atoms with E-state index in [0.717, 1.165) is 29.7 Å². The molecule has 4 heteroatoms. The highest BCUT2D eigenvalue weighted by atomic mass is 16.5. The van der Waals surface area contributed by atoms with Gasteiger partial charge in [0.05, 0.1) is 18.8 Å². The second-order valence-corrected chi connectivity index (χ2v) is 6.74. The lowest BCUT2D eigenvalue weighted by molar-refractivity contribution is 0.0346. The van der Waals surface area contributed by atoms with Crippen molar-refractivity contribution in [1.82, 2.24) is 0 Å². The topological polar surface area (TPSA) is 55.8 Å². The molecule has 0 saturated carbocycles. The second kappa shape index (κ2) is 8.86. The van der Waals surface area contributed by atoms with Crippen molar-refractivity contribution in [3.8, 4) is 5.75 Å². The molecule has 0 amide bonds. The van der Waals surface area contributed by atoms with Gasteiger partial charge in [-0.3, -0.25) is 0 Å². The summed E-state index contributed by atoms with van der Waals surface area (Å²) in [6.45, 7) is 5.79. The minimum atomic E-state index is -0.478. The lowest BCUT2D eigenvalue weighted by Gasteiger charge is -2.17. The van der Waals surface area contributed by atoms with Crippen LogP contribution >= 0.6 is 0 Å². The van der Waals surface area contributed by atoms with Gasteiger partial charge in [0.1, 0.15) is 11.9 Å². The molecule has 1 aliphatic rings. The zero-order valence-corrected chi connectivity index (χ0v) is 15.5. The van der Waals surface area contributed by atoms with Crippen LogP contribution in [0.5, 0.6) is 5.75 Å². The maximum atomic E-state index is 12.7. The summed E-state index contributed by atoms with van der Waals surface area (Å²) < 4.78 is 10.9. The van der Waals surface area contributed by atoms with Gasteiger partial charge in [0, 0.05) is 6.42 Å². The molecular weight excluding hydrogens is 316 g/mol. The summed E-state index contributed by atoms with van der Waals surface area (Å²) >= 11 is 0. The van der Waals surface area contributed by atoms with Gasteiger partial charge in [-0.05, 0) is 55.9 Å². The molecule has 2 rings (SSSR count). The Labute approximate surface area is 150 Å². The van der Waals surface area contributed by atoms with Gasteiger partial charge in [0.2, 0.25) is 0 Å². The number of carbonyl (C=O) groups is 1. The number of ether oxygens (including phenoxy) is 2. The molecule has 1 N–H and O–H groups in total. The lowest BCUT2D eigenvalue weighted by atomic mass is 9.96. The van der Waals surface area contributed by atoms with E-state index in [1.807, 2.05) is 51.1 Å². The zero-order chi connectivity index (χ0) is 18.4. The number of benzene rings is 1. The molecule has 1 heterocycles. The molecule has 0 radical (unpaired) electrons. The Bertz CT molecular complexity index is 660. The zero-order valence-electron chi connectivity index (χ0n) is 15.5. The first kappa shape index (κ1) is 19.3. The Morgan fingerprint density at radius 1 is 1.24 bits per heavy atom. The Morgan fingerprint density at radius 3 is 2.72 bits per heavy atom. The number of aliphatic hydroxyl groups is 1. The van der Waals surface area contributed by atoms with Crippen LogP contribution in [-0.4, -0.2) is 30.4 Å². The van der Waals surface area contributed by atoms with Gasteiger partial charge in [-0.25, -0.2) is 4.79 Å². The van der Waals surface area contributed by atoms with Gasteiger partial charge < -0.3 is 14.6 Å². The van der Waals surface area contributed by atoms with Gasteiger partial charge in [0.25, 0.3) is 0 Å². The number of aliphatic hydroxyl groups excluding tert-OH is 1. The Hall–Kier alpha value is -2.07. The van der Waals surface area contributed by atoms with E-state index in [9.17, 15) is 9.90 Å². The monoisotopic (exact) mass is 344 g/mol. The first-order chi connectivity index (χ1) is 11.9. The fraction of sp³-hybridized carbons (Fsp3) is 0.476. The average molecular weight is 344 g/mol. The largest absolute Gasteiger partial charge is 0.497 e. The van der Waals surface area contributed by atoms with E-state index in [1.54, 1.807) is 13.2 Å². The van der Waals surface area contributed by atoms with E-state index >= 15 is 0 Å². The number of fused-ring (bicyclic) bond motifs is 1. The van der Waals surface area contributed by atoms with Crippen LogP contribution in [0.3, 0.4) is 0 Å².